The third-order valence-electron chi connectivity index (χ3n) is 5.83. The van der Waals surface area contributed by atoms with E-state index in [9.17, 15) is 4.79 Å². The van der Waals surface area contributed by atoms with Crippen molar-refractivity contribution in [2.24, 2.45) is 0 Å². The average Bonchev–Trinajstić information content (AvgIpc) is 3.64. The van der Waals surface area contributed by atoms with Crippen LogP contribution < -0.4 is 14.8 Å². The number of para-hydroxylation sites is 1. The number of aromatic nitrogens is 5. The normalized spacial score (nSPS) is 11.8. The third kappa shape index (κ3) is 4.69. The van der Waals surface area contributed by atoms with Crippen molar-refractivity contribution in [3.05, 3.63) is 123 Å². The lowest BCUT2D eigenvalue weighted by molar-refractivity contribution is 0.363. The summed E-state index contributed by atoms with van der Waals surface area (Å²) in [4.78, 5) is 18.4. The minimum Gasteiger partial charge on any atom is -0.490 e. The highest BCUT2D eigenvalue weighted by Gasteiger charge is 2.15. The fourth-order valence-corrected chi connectivity index (χ4v) is 5.15. The molecule has 38 heavy (non-hydrogen) atoms. The Morgan fingerprint density at radius 2 is 1.68 bits per heavy atom. The third-order valence-corrected chi connectivity index (χ3v) is 7.32. The van der Waals surface area contributed by atoms with E-state index in [1.807, 2.05) is 95.8 Å². The van der Waals surface area contributed by atoms with Crippen molar-refractivity contribution in [3.8, 4) is 34.1 Å². The van der Waals surface area contributed by atoms with E-state index in [0.29, 0.717) is 21.9 Å². The van der Waals surface area contributed by atoms with Crippen molar-refractivity contribution in [1.82, 2.24) is 24.4 Å². The summed E-state index contributed by atoms with van der Waals surface area (Å²) in [7, 11) is 0. The fraction of sp³-hybridized carbons (Fsp3) is 0.0345. The number of hydrogen-bond acceptors (Lipinski definition) is 6. The highest BCUT2D eigenvalue weighted by atomic mass is 79.9. The van der Waals surface area contributed by atoms with Crippen LogP contribution in [0.5, 0.6) is 5.75 Å². The monoisotopic (exact) mass is 581 g/mol. The summed E-state index contributed by atoms with van der Waals surface area (Å²) in [6.45, 7) is 4.09. The molecule has 6 aromatic rings. The first kappa shape index (κ1) is 24.0. The first-order valence-corrected chi connectivity index (χ1v) is 13.4. The van der Waals surface area contributed by atoms with Gasteiger partial charge < -0.3 is 4.74 Å². The zero-order valence-corrected chi connectivity index (χ0v) is 22.4. The van der Waals surface area contributed by atoms with Gasteiger partial charge in [-0.15, -0.1) is 5.10 Å². The zero-order chi connectivity index (χ0) is 26.1. The van der Waals surface area contributed by atoms with Crippen LogP contribution in [0.15, 0.2) is 107 Å². The van der Waals surface area contributed by atoms with Gasteiger partial charge in [0.25, 0.3) is 5.56 Å². The molecule has 0 spiro atoms. The van der Waals surface area contributed by atoms with Gasteiger partial charge in [-0.3, -0.25) is 4.79 Å². The number of rotatable bonds is 7. The number of ether oxygens (including phenoxy) is 1. The molecule has 0 radical (unpaired) electrons. The molecule has 9 heteroatoms. The van der Waals surface area contributed by atoms with Gasteiger partial charge >= 0.3 is 0 Å². The minimum absolute atomic E-state index is 0.219. The molecule has 0 unspecified atom stereocenters. The van der Waals surface area contributed by atoms with Gasteiger partial charge in [0.1, 0.15) is 12.4 Å². The molecule has 0 saturated carbocycles. The molecule has 0 atom stereocenters. The van der Waals surface area contributed by atoms with Gasteiger partial charge in [-0.2, -0.15) is 14.6 Å². The molecular weight excluding hydrogens is 562 g/mol. The Morgan fingerprint density at radius 3 is 2.39 bits per heavy atom. The standard InChI is InChI=1S/C29H20BrN5O2S/c1-2-16-37-24-14-10-20(11-15-24)27-31-29-35(33-27)28(36)25(38-29)17-21-18-34(23-6-4-3-5-7-23)32-26(21)19-8-12-22(30)13-9-19/h2-15,17-18H,1,16H2/b25-17-. The van der Waals surface area contributed by atoms with E-state index < -0.39 is 0 Å². The second kappa shape index (κ2) is 10.2. The van der Waals surface area contributed by atoms with Gasteiger partial charge in [0.2, 0.25) is 4.96 Å². The van der Waals surface area contributed by atoms with Crippen LogP contribution in [-0.4, -0.2) is 31.0 Å². The summed E-state index contributed by atoms with van der Waals surface area (Å²) >= 11 is 4.79. The summed E-state index contributed by atoms with van der Waals surface area (Å²) in [5, 5.41) is 9.33. The lowest BCUT2D eigenvalue weighted by atomic mass is 10.1. The molecule has 0 saturated heterocycles. The fourth-order valence-electron chi connectivity index (χ4n) is 3.99. The summed E-state index contributed by atoms with van der Waals surface area (Å²) in [5.41, 5.74) is 4.07. The number of hydrogen-bond donors (Lipinski definition) is 0. The maximum absolute atomic E-state index is 13.3. The van der Waals surface area contributed by atoms with E-state index in [1.54, 1.807) is 6.08 Å². The lowest BCUT2D eigenvalue weighted by Crippen LogP contribution is -2.23. The Hall–Kier alpha value is -4.34. The highest BCUT2D eigenvalue weighted by Crippen LogP contribution is 2.26. The average molecular weight is 582 g/mol. The van der Waals surface area contributed by atoms with Gasteiger partial charge in [-0.1, -0.05) is 70.3 Å². The first-order valence-electron chi connectivity index (χ1n) is 11.8. The predicted octanol–water partition coefficient (Wildman–Crippen LogP) is 5.55. The summed E-state index contributed by atoms with van der Waals surface area (Å²) in [5.74, 6) is 1.22. The van der Waals surface area contributed by atoms with Crippen LogP contribution in [-0.2, 0) is 0 Å². The minimum atomic E-state index is -0.219. The van der Waals surface area contributed by atoms with E-state index in [-0.39, 0.29) is 5.56 Å². The largest absolute Gasteiger partial charge is 0.490 e. The Labute approximate surface area is 230 Å². The molecule has 3 heterocycles. The van der Waals surface area contributed by atoms with Crippen LogP contribution >= 0.6 is 27.3 Å². The molecule has 6 rings (SSSR count). The van der Waals surface area contributed by atoms with E-state index in [0.717, 1.165) is 38.3 Å². The number of benzene rings is 3. The van der Waals surface area contributed by atoms with Crippen molar-refractivity contribution >= 4 is 38.3 Å². The van der Waals surface area contributed by atoms with Crippen LogP contribution in [0.1, 0.15) is 5.56 Å². The van der Waals surface area contributed by atoms with Gasteiger partial charge in [0, 0.05) is 27.4 Å². The number of fused-ring (bicyclic) bond motifs is 1. The smallest absolute Gasteiger partial charge is 0.291 e. The van der Waals surface area contributed by atoms with Gasteiger partial charge in [0.05, 0.1) is 15.9 Å². The molecule has 0 bridgehead atoms. The van der Waals surface area contributed by atoms with Crippen molar-refractivity contribution in [1.29, 1.82) is 0 Å². The maximum Gasteiger partial charge on any atom is 0.291 e. The zero-order valence-electron chi connectivity index (χ0n) is 20.0. The molecule has 0 aliphatic carbocycles. The van der Waals surface area contributed by atoms with Gasteiger partial charge in [0.15, 0.2) is 5.82 Å². The number of nitrogens with zero attached hydrogens (tertiary/aromatic N) is 5. The van der Waals surface area contributed by atoms with Crippen LogP contribution in [0.25, 0.3) is 39.4 Å². The summed E-state index contributed by atoms with van der Waals surface area (Å²) < 4.78 is 10.2. The van der Waals surface area contributed by atoms with E-state index in [1.165, 1.54) is 15.9 Å². The Kier molecular flexibility index (Phi) is 6.45. The van der Waals surface area contributed by atoms with Crippen LogP contribution in [0.2, 0.25) is 0 Å². The number of thiazole rings is 1. The Balaban J connectivity index is 1.40. The van der Waals surface area contributed by atoms with Gasteiger partial charge in [-0.25, -0.2) is 4.68 Å². The molecule has 0 aliphatic heterocycles. The molecule has 0 fully saturated rings. The quantitative estimate of drug-likeness (QED) is 0.231. The second-order valence-corrected chi connectivity index (χ2v) is 10.3. The van der Waals surface area contributed by atoms with Crippen molar-refractivity contribution in [3.63, 3.8) is 0 Å². The molecule has 0 aliphatic rings. The molecule has 0 N–H and O–H groups in total. The predicted molar refractivity (Wildman–Crippen MR) is 154 cm³/mol. The van der Waals surface area contributed by atoms with E-state index >= 15 is 0 Å². The van der Waals surface area contributed by atoms with E-state index in [4.69, 9.17) is 9.84 Å². The molecular formula is C29H20BrN5O2S. The van der Waals surface area contributed by atoms with Crippen molar-refractivity contribution < 1.29 is 4.74 Å². The maximum atomic E-state index is 13.3. The molecule has 3 aromatic carbocycles. The van der Waals surface area contributed by atoms with Crippen LogP contribution in [0, 0.1) is 0 Å². The van der Waals surface area contributed by atoms with Gasteiger partial charge in [-0.05, 0) is 54.6 Å². The van der Waals surface area contributed by atoms with Crippen LogP contribution in [0.3, 0.4) is 0 Å². The molecule has 3 aromatic heterocycles. The van der Waals surface area contributed by atoms with Crippen molar-refractivity contribution in [2.75, 3.05) is 6.61 Å². The summed E-state index contributed by atoms with van der Waals surface area (Å²) in [6, 6.07) is 25.3. The highest BCUT2D eigenvalue weighted by molar-refractivity contribution is 9.10. The topological polar surface area (TPSA) is 74.3 Å². The second-order valence-electron chi connectivity index (χ2n) is 8.39. The van der Waals surface area contributed by atoms with E-state index in [2.05, 4.69) is 32.6 Å². The summed E-state index contributed by atoms with van der Waals surface area (Å²) in [6.07, 6.45) is 5.49. The van der Waals surface area contributed by atoms with Crippen molar-refractivity contribution in [2.45, 2.75) is 0 Å². The Bertz CT molecular complexity index is 1860. The van der Waals surface area contributed by atoms with Crippen LogP contribution in [0.4, 0.5) is 0 Å². The molecule has 186 valence electrons. The molecule has 0 amide bonds. The Morgan fingerprint density at radius 1 is 0.947 bits per heavy atom. The lowest BCUT2D eigenvalue weighted by Gasteiger charge is -2.02. The first-order chi connectivity index (χ1) is 18.6. The number of halogens is 1. The SMILES string of the molecule is C=CCOc1ccc(-c2nc3s/c(=C\c4cn(-c5ccccc5)nc4-c4ccc(Br)cc4)c(=O)n3n2)cc1. The molecule has 7 nitrogen and oxygen atoms in total.